The van der Waals surface area contributed by atoms with Gasteiger partial charge in [0.1, 0.15) is 23.9 Å². The Labute approximate surface area is 245 Å². The summed E-state index contributed by atoms with van der Waals surface area (Å²) >= 11 is 4.54. The van der Waals surface area contributed by atoms with Gasteiger partial charge in [0.25, 0.3) is 11.8 Å². The molecule has 41 heavy (non-hydrogen) atoms. The minimum Gasteiger partial charge on any atom is -0.612 e. The minimum atomic E-state index is -1.32. The van der Waals surface area contributed by atoms with Crippen molar-refractivity contribution < 1.29 is 28.4 Å². The second-order valence-electron chi connectivity index (χ2n) is 9.16. The summed E-state index contributed by atoms with van der Waals surface area (Å²) in [6.45, 7) is 5.98. The predicted octanol–water partition coefficient (Wildman–Crippen LogP) is 4.89. The van der Waals surface area contributed by atoms with E-state index in [9.17, 15) is 18.9 Å². The molecule has 0 spiro atoms. The van der Waals surface area contributed by atoms with Crippen molar-refractivity contribution in [3.05, 3.63) is 83.5 Å². The largest absolute Gasteiger partial charge is 0.612 e. The number of hydrogen-bond acceptors (Lipinski definition) is 8. The SMILES string of the molecule is C=C(C)OC(=O)N1CCC(Oc2cc([S+](C)[O-])ccc2C(=O)Nc2cccnc2C(=O)Nc2ccc(Cl)cn2)CC1. The molecular formula is C28H28ClN5O6S. The third-order valence-corrected chi connectivity index (χ3v) is 7.17. The minimum absolute atomic E-state index is 0.0274. The molecule has 214 valence electrons. The highest BCUT2D eigenvalue weighted by molar-refractivity contribution is 7.90. The number of benzene rings is 1. The van der Waals surface area contributed by atoms with E-state index in [4.69, 9.17) is 21.1 Å². The predicted molar refractivity (Wildman–Crippen MR) is 155 cm³/mol. The molecule has 1 saturated heterocycles. The highest BCUT2D eigenvalue weighted by Gasteiger charge is 2.27. The van der Waals surface area contributed by atoms with Crippen LogP contribution in [0.4, 0.5) is 16.3 Å². The molecule has 13 heteroatoms. The van der Waals surface area contributed by atoms with Crippen LogP contribution in [-0.4, -0.2) is 62.8 Å². The van der Waals surface area contributed by atoms with Gasteiger partial charge in [-0.2, -0.15) is 0 Å². The highest BCUT2D eigenvalue weighted by Crippen LogP contribution is 2.28. The number of likely N-dealkylation sites (tertiary alicyclic amines) is 1. The molecule has 0 saturated carbocycles. The Balaban J connectivity index is 1.50. The first-order valence-corrected chi connectivity index (χ1v) is 14.5. The maximum atomic E-state index is 13.4. The number of pyridine rings is 2. The number of aromatic nitrogens is 2. The van der Waals surface area contributed by atoms with E-state index < -0.39 is 29.1 Å². The van der Waals surface area contributed by atoms with Gasteiger partial charge in [-0.25, -0.2) is 14.8 Å². The summed E-state index contributed by atoms with van der Waals surface area (Å²) in [7, 11) is 0. The molecule has 3 amide bonds. The van der Waals surface area contributed by atoms with Crippen molar-refractivity contribution >= 4 is 52.2 Å². The van der Waals surface area contributed by atoms with Crippen LogP contribution in [0.3, 0.4) is 0 Å². The maximum absolute atomic E-state index is 13.4. The van der Waals surface area contributed by atoms with Gasteiger partial charge in [-0.05, 0) is 54.5 Å². The lowest BCUT2D eigenvalue weighted by Gasteiger charge is -2.31. The van der Waals surface area contributed by atoms with Gasteiger partial charge in [0.15, 0.2) is 10.6 Å². The van der Waals surface area contributed by atoms with Gasteiger partial charge in [-0.1, -0.05) is 18.2 Å². The van der Waals surface area contributed by atoms with Gasteiger partial charge >= 0.3 is 6.09 Å². The van der Waals surface area contributed by atoms with E-state index in [1.165, 1.54) is 30.8 Å². The Kier molecular flexibility index (Phi) is 9.82. The first-order valence-electron chi connectivity index (χ1n) is 12.6. The van der Waals surface area contributed by atoms with Crippen LogP contribution in [0.15, 0.2) is 72.1 Å². The summed E-state index contributed by atoms with van der Waals surface area (Å²) in [5.41, 5.74) is 0.320. The second kappa shape index (κ2) is 13.5. The Hall–Kier alpha value is -4.13. The van der Waals surface area contributed by atoms with E-state index in [-0.39, 0.29) is 34.6 Å². The standard InChI is InChI=1S/C28H28ClN5O6S/c1-17(2)39-28(37)34-13-10-19(11-14-34)40-23-15-20(41(3)38)7-8-21(23)26(35)32-22-5-4-12-30-25(22)27(36)33-24-9-6-18(29)16-31-24/h4-9,12,15-16,19H,1,10-11,13-14H2,2-3H3,(H,32,35)(H,31,33,36). The topological polar surface area (TPSA) is 146 Å². The highest BCUT2D eigenvalue weighted by atomic mass is 35.5. The number of halogens is 1. The first kappa shape index (κ1) is 29.8. The van der Waals surface area contributed by atoms with Crippen LogP contribution in [-0.2, 0) is 15.9 Å². The number of anilines is 2. The number of allylic oxidation sites excluding steroid dienone is 1. The summed E-state index contributed by atoms with van der Waals surface area (Å²) in [5, 5.41) is 5.77. The number of nitrogens with zero attached hydrogens (tertiary/aromatic N) is 3. The van der Waals surface area contributed by atoms with Crippen molar-refractivity contribution in [3.63, 3.8) is 0 Å². The molecule has 4 rings (SSSR count). The number of carbonyl (C=O) groups excluding carboxylic acids is 3. The van der Waals surface area contributed by atoms with Crippen LogP contribution in [0, 0.1) is 0 Å². The van der Waals surface area contributed by atoms with E-state index in [2.05, 4.69) is 27.2 Å². The van der Waals surface area contributed by atoms with E-state index >= 15 is 0 Å². The number of piperidine rings is 1. The molecule has 0 radical (unpaired) electrons. The van der Waals surface area contributed by atoms with Crippen molar-refractivity contribution in [1.82, 2.24) is 14.9 Å². The van der Waals surface area contributed by atoms with Gasteiger partial charge < -0.3 is 29.6 Å². The van der Waals surface area contributed by atoms with E-state index in [1.54, 1.807) is 42.2 Å². The Morgan fingerprint density at radius 2 is 1.85 bits per heavy atom. The molecule has 1 aromatic carbocycles. The molecule has 1 fully saturated rings. The van der Waals surface area contributed by atoms with Gasteiger partial charge in [0, 0.05) is 44.4 Å². The molecule has 1 unspecified atom stereocenters. The molecule has 1 aliphatic heterocycles. The van der Waals surface area contributed by atoms with Crippen molar-refractivity contribution in [2.45, 2.75) is 30.8 Å². The summed E-state index contributed by atoms with van der Waals surface area (Å²) in [6, 6.07) is 10.9. The fraction of sp³-hybridized carbons (Fsp3) is 0.250. The van der Waals surface area contributed by atoms with Crippen LogP contribution in [0.1, 0.15) is 40.6 Å². The Morgan fingerprint density at radius 1 is 1.10 bits per heavy atom. The molecule has 3 aromatic rings. The zero-order valence-electron chi connectivity index (χ0n) is 22.4. The average molecular weight is 598 g/mol. The summed E-state index contributed by atoms with van der Waals surface area (Å²) in [5.74, 6) is -0.328. The zero-order valence-corrected chi connectivity index (χ0v) is 24.0. The number of ether oxygens (including phenoxy) is 2. The summed E-state index contributed by atoms with van der Waals surface area (Å²) in [4.78, 5) is 48.8. The maximum Gasteiger partial charge on any atom is 0.414 e. The van der Waals surface area contributed by atoms with Crippen molar-refractivity contribution in [2.75, 3.05) is 30.0 Å². The van der Waals surface area contributed by atoms with Gasteiger partial charge in [-0.3, -0.25) is 9.59 Å². The lowest BCUT2D eigenvalue weighted by atomic mass is 10.1. The fourth-order valence-corrected chi connectivity index (χ4v) is 4.66. The molecule has 2 aromatic heterocycles. The van der Waals surface area contributed by atoms with Gasteiger partial charge in [-0.15, -0.1) is 0 Å². The van der Waals surface area contributed by atoms with Gasteiger partial charge in [0.05, 0.1) is 22.0 Å². The number of nitrogens with one attached hydrogen (secondary N) is 2. The first-order chi connectivity index (χ1) is 19.6. The fourth-order valence-electron chi connectivity index (χ4n) is 4.02. The van der Waals surface area contributed by atoms with E-state index in [0.717, 1.165) is 0 Å². The van der Waals surface area contributed by atoms with Crippen molar-refractivity contribution in [1.29, 1.82) is 0 Å². The van der Waals surface area contributed by atoms with Crippen LogP contribution in [0.2, 0.25) is 5.02 Å². The third kappa shape index (κ3) is 7.97. The normalized spacial score (nSPS) is 14.1. The average Bonchev–Trinajstić information content (AvgIpc) is 2.94. The number of hydrogen-bond donors (Lipinski definition) is 2. The molecule has 0 aliphatic carbocycles. The Morgan fingerprint density at radius 3 is 2.51 bits per heavy atom. The lowest BCUT2D eigenvalue weighted by Crippen LogP contribution is -2.42. The van der Waals surface area contributed by atoms with E-state index in [0.29, 0.717) is 41.6 Å². The van der Waals surface area contributed by atoms with Crippen molar-refractivity contribution in [2.24, 2.45) is 0 Å². The van der Waals surface area contributed by atoms with Crippen LogP contribution < -0.4 is 15.4 Å². The van der Waals surface area contributed by atoms with Crippen LogP contribution >= 0.6 is 11.6 Å². The molecule has 1 atom stereocenters. The molecule has 0 bridgehead atoms. The summed E-state index contributed by atoms with van der Waals surface area (Å²) < 4.78 is 23.5. The lowest BCUT2D eigenvalue weighted by molar-refractivity contribution is 0.0810. The molecular weight excluding hydrogens is 570 g/mol. The Bertz CT molecular complexity index is 1440. The molecule has 3 heterocycles. The third-order valence-electron chi connectivity index (χ3n) is 6.02. The smallest absolute Gasteiger partial charge is 0.414 e. The summed E-state index contributed by atoms with van der Waals surface area (Å²) in [6.07, 6.45) is 4.57. The second-order valence-corrected chi connectivity index (χ2v) is 11.0. The zero-order chi connectivity index (χ0) is 29.5. The van der Waals surface area contributed by atoms with E-state index in [1.807, 2.05) is 0 Å². The monoisotopic (exact) mass is 597 g/mol. The quantitative estimate of drug-likeness (QED) is 0.276. The van der Waals surface area contributed by atoms with Crippen LogP contribution in [0.5, 0.6) is 5.75 Å². The van der Waals surface area contributed by atoms with Gasteiger partial charge in [0.2, 0.25) is 0 Å². The number of carbonyl (C=O) groups is 3. The molecule has 11 nitrogen and oxygen atoms in total. The number of rotatable bonds is 8. The molecule has 2 N–H and O–H groups in total. The van der Waals surface area contributed by atoms with Crippen molar-refractivity contribution in [3.8, 4) is 5.75 Å². The number of amides is 3. The van der Waals surface area contributed by atoms with Crippen LogP contribution in [0.25, 0.3) is 0 Å². The molecule has 1 aliphatic rings.